The van der Waals surface area contributed by atoms with Gasteiger partial charge < -0.3 is 0 Å². The Balaban J connectivity index is 2.49. The van der Waals surface area contributed by atoms with Crippen LogP contribution in [0.2, 0.25) is 5.02 Å². The van der Waals surface area contributed by atoms with Crippen LogP contribution in [0.15, 0.2) is 23.4 Å². The second-order valence-corrected chi connectivity index (χ2v) is 10.3. The molecule has 1 aliphatic rings. The molecule has 1 fully saturated rings. The quantitative estimate of drug-likeness (QED) is 0.792. The lowest BCUT2D eigenvalue weighted by Crippen LogP contribution is -2.50. The number of hydrogen-bond donors (Lipinski definition) is 0. The fourth-order valence-electron chi connectivity index (χ4n) is 2.00. The van der Waals surface area contributed by atoms with Crippen molar-refractivity contribution in [2.24, 2.45) is 0 Å². The highest BCUT2D eigenvalue weighted by Crippen LogP contribution is 2.30. The van der Waals surface area contributed by atoms with Crippen molar-refractivity contribution in [1.29, 1.82) is 0 Å². The summed E-state index contributed by atoms with van der Waals surface area (Å²) in [5.41, 5.74) is 0. The summed E-state index contributed by atoms with van der Waals surface area (Å²) >= 11 is 7.35. The van der Waals surface area contributed by atoms with Crippen LogP contribution in [0.5, 0.6) is 0 Å². The summed E-state index contributed by atoms with van der Waals surface area (Å²) in [6.45, 7) is 1.65. The van der Waals surface area contributed by atoms with E-state index in [1.165, 1.54) is 30.9 Å². The monoisotopic (exact) mass is 370 g/mol. The second-order valence-electron chi connectivity index (χ2n) is 4.40. The standard InChI is InChI=1S/C11H15ClN2O4S3/c1-2-20(15,16)11-8-19-6-5-14(11)21(17,18)10-7-13-4-3-9(10)12/h3-4,7,11H,2,5-6,8H2,1H3. The van der Waals surface area contributed by atoms with E-state index < -0.39 is 25.2 Å². The molecule has 0 saturated carbocycles. The van der Waals surface area contributed by atoms with Gasteiger partial charge >= 0.3 is 0 Å². The lowest BCUT2D eigenvalue weighted by atomic mass is 10.5. The lowest BCUT2D eigenvalue weighted by Gasteiger charge is -2.33. The molecule has 1 aliphatic heterocycles. The van der Waals surface area contributed by atoms with Gasteiger partial charge in [0, 0.05) is 36.2 Å². The molecule has 10 heteroatoms. The summed E-state index contributed by atoms with van der Waals surface area (Å²) in [5.74, 6) is 0.672. The molecule has 21 heavy (non-hydrogen) atoms. The van der Waals surface area contributed by atoms with Crippen LogP contribution < -0.4 is 0 Å². The van der Waals surface area contributed by atoms with Gasteiger partial charge in [0.05, 0.1) is 5.02 Å². The molecule has 0 N–H and O–H groups in total. The highest BCUT2D eigenvalue weighted by Gasteiger charge is 2.41. The Bertz CT molecular complexity index is 721. The van der Waals surface area contributed by atoms with Crippen molar-refractivity contribution < 1.29 is 16.8 Å². The number of aromatic nitrogens is 1. The minimum atomic E-state index is -3.99. The fraction of sp³-hybridized carbons (Fsp3) is 0.545. The normalized spacial score (nSPS) is 21.3. The molecule has 1 atom stereocenters. The minimum Gasteiger partial charge on any atom is -0.263 e. The van der Waals surface area contributed by atoms with Crippen molar-refractivity contribution in [3.8, 4) is 0 Å². The largest absolute Gasteiger partial charge is 0.263 e. The summed E-state index contributed by atoms with van der Waals surface area (Å²) in [5, 5.41) is -1.02. The average molecular weight is 371 g/mol. The fourth-order valence-corrected chi connectivity index (χ4v) is 7.65. The molecule has 0 aromatic carbocycles. The third-order valence-corrected chi connectivity index (χ3v) is 8.97. The summed E-state index contributed by atoms with van der Waals surface area (Å²) < 4.78 is 50.8. The van der Waals surface area contributed by atoms with E-state index in [9.17, 15) is 16.8 Å². The molecule has 0 spiro atoms. The summed E-state index contributed by atoms with van der Waals surface area (Å²) in [6, 6.07) is 1.37. The Hall–Kier alpha value is -0.350. The number of hydrogen-bond acceptors (Lipinski definition) is 6. The smallest absolute Gasteiger partial charge is 0.247 e. The van der Waals surface area contributed by atoms with Gasteiger partial charge in [0.25, 0.3) is 0 Å². The van der Waals surface area contributed by atoms with Crippen molar-refractivity contribution in [3.05, 3.63) is 23.5 Å². The van der Waals surface area contributed by atoms with Crippen LogP contribution in [0.3, 0.4) is 0 Å². The molecule has 2 heterocycles. The third kappa shape index (κ3) is 3.37. The molecule has 0 aliphatic carbocycles. The van der Waals surface area contributed by atoms with Crippen molar-refractivity contribution in [1.82, 2.24) is 9.29 Å². The van der Waals surface area contributed by atoms with Crippen LogP contribution in [-0.2, 0) is 19.9 Å². The van der Waals surface area contributed by atoms with Gasteiger partial charge in [0.15, 0.2) is 9.84 Å². The van der Waals surface area contributed by atoms with Crippen molar-refractivity contribution in [2.45, 2.75) is 17.2 Å². The molecule has 2 rings (SSSR count). The highest BCUT2D eigenvalue weighted by atomic mass is 35.5. The highest BCUT2D eigenvalue weighted by molar-refractivity contribution is 8.01. The molecule has 6 nitrogen and oxygen atoms in total. The minimum absolute atomic E-state index is 0.0378. The zero-order valence-electron chi connectivity index (χ0n) is 11.3. The van der Waals surface area contributed by atoms with Gasteiger partial charge in [-0.2, -0.15) is 16.1 Å². The summed E-state index contributed by atoms with van der Waals surface area (Å²) in [4.78, 5) is 3.61. The summed E-state index contributed by atoms with van der Waals surface area (Å²) in [6.07, 6.45) is 2.53. The van der Waals surface area contributed by atoms with Gasteiger partial charge in [-0.05, 0) is 6.07 Å². The predicted molar refractivity (Wildman–Crippen MR) is 83.7 cm³/mol. The molecular formula is C11H15ClN2O4S3. The first-order valence-corrected chi connectivity index (χ1v) is 10.9. The zero-order valence-corrected chi connectivity index (χ0v) is 14.5. The number of sulfonamides is 1. The van der Waals surface area contributed by atoms with E-state index in [1.54, 1.807) is 0 Å². The second kappa shape index (κ2) is 6.41. The Labute approximate surface area is 133 Å². The Morgan fingerprint density at radius 2 is 2.14 bits per heavy atom. The van der Waals surface area contributed by atoms with Gasteiger partial charge in [-0.1, -0.05) is 18.5 Å². The first kappa shape index (κ1) is 17.0. The maximum Gasteiger partial charge on any atom is 0.247 e. The molecule has 0 radical (unpaired) electrons. The van der Waals surface area contributed by atoms with E-state index in [1.807, 2.05) is 0 Å². The number of sulfone groups is 1. The molecule has 0 amide bonds. The molecule has 0 bridgehead atoms. The maximum absolute atomic E-state index is 12.7. The van der Waals surface area contributed by atoms with Gasteiger partial charge in [-0.15, -0.1) is 0 Å². The van der Waals surface area contributed by atoms with E-state index >= 15 is 0 Å². The van der Waals surface area contributed by atoms with Crippen LogP contribution in [0.25, 0.3) is 0 Å². The van der Waals surface area contributed by atoms with Crippen LogP contribution >= 0.6 is 23.4 Å². The third-order valence-electron chi connectivity index (χ3n) is 3.18. The van der Waals surface area contributed by atoms with E-state index in [0.29, 0.717) is 5.75 Å². The Kier molecular flexibility index (Phi) is 5.19. The first-order chi connectivity index (χ1) is 9.80. The lowest BCUT2D eigenvalue weighted by molar-refractivity contribution is 0.403. The van der Waals surface area contributed by atoms with Crippen LogP contribution in [0.4, 0.5) is 0 Å². The van der Waals surface area contributed by atoms with E-state index in [4.69, 9.17) is 11.6 Å². The number of halogens is 1. The maximum atomic E-state index is 12.7. The van der Waals surface area contributed by atoms with E-state index in [-0.39, 0.29) is 28.0 Å². The van der Waals surface area contributed by atoms with E-state index in [0.717, 1.165) is 10.5 Å². The molecule has 1 saturated heterocycles. The van der Waals surface area contributed by atoms with Crippen LogP contribution in [-0.4, -0.2) is 55.3 Å². The predicted octanol–water partition coefficient (Wildman–Crippen LogP) is 1.23. The number of nitrogens with zero attached hydrogens (tertiary/aromatic N) is 2. The first-order valence-electron chi connectivity index (χ1n) is 6.21. The Morgan fingerprint density at radius 1 is 1.43 bits per heavy atom. The summed E-state index contributed by atoms with van der Waals surface area (Å²) in [7, 11) is -7.50. The molecule has 1 aromatic heterocycles. The van der Waals surface area contributed by atoms with Crippen molar-refractivity contribution in [3.63, 3.8) is 0 Å². The topological polar surface area (TPSA) is 84.4 Å². The zero-order chi connectivity index (χ0) is 15.7. The number of pyridine rings is 1. The van der Waals surface area contributed by atoms with Gasteiger partial charge in [-0.25, -0.2) is 16.8 Å². The van der Waals surface area contributed by atoms with Gasteiger partial charge in [-0.3, -0.25) is 4.98 Å². The molecular weight excluding hydrogens is 356 g/mol. The van der Waals surface area contributed by atoms with Crippen molar-refractivity contribution >= 4 is 43.2 Å². The molecule has 1 aromatic rings. The molecule has 118 valence electrons. The number of rotatable bonds is 4. The average Bonchev–Trinajstić information content (AvgIpc) is 2.47. The van der Waals surface area contributed by atoms with Crippen LogP contribution in [0.1, 0.15) is 6.92 Å². The van der Waals surface area contributed by atoms with E-state index in [2.05, 4.69) is 4.98 Å². The molecule has 1 unspecified atom stereocenters. The van der Waals surface area contributed by atoms with Gasteiger partial charge in [0.1, 0.15) is 10.3 Å². The SMILES string of the molecule is CCS(=O)(=O)C1CSCCN1S(=O)(=O)c1cnccc1Cl. The number of thioether (sulfide) groups is 1. The Morgan fingerprint density at radius 3 is 2.76 bits per heavy atom. The van der Waals surface area contributed by atoms with Gasteiger partial charge in [0.2, 0.25) is 10.0 Å². The van der Waals surface area contributed by atoms with Crippen molar-refractivity contribution in [2.75, 3.05) is 23.8 Å². The van der Waals surface area contributed by atoms with Crippen LogP contribution in [0, 0.1) is 0 Å².